The summed E-state index contributed by atoms with van der Waals surface area (Å²) in [5.74, 6) is -2.36. The SMILES string of the molecule is FC1(F)CC2([CH]NC2)C1. The van der Waals surface area contributed by atoms with Crippen molar-refractivity contribution in [3.8, 4) is 0 Å². The summed E-state index contributed by atoms with van der Waals surface area (Å²) in [5.41, 5.74) is -0.108. The summed E-state index contributed by atoms with van der Waals surface area (Å²) in [6.45, 7) is 2.55. The Labute approximate surface area is 52.4 Å². The van der Waals surface area contributed by atoms with Crippen LogP contribution in [0.25, 0.3) is 0 Å². The second-order valence-electron chi connectivity index (χ2n) is 3.10. The number of hydrogen-bond donors (Lipinski definition) is 1. The van der Waals surface area contributed by atoms with Crippen molar-refractivity contribution in [2.75, 3.05) is 6.54 Å². The molecule has 0 aromatic heterocycles. The standard InChI is InChI=1S/C6H8F2N/c7-6(8)1-5(2-6)3-9-4-5/h3,9H,1-2,4H2. The quantitative estimate of drug-likeness (QED) is 0.521. The maximum atomic E-state index is 12.2. The molecule has 0 aromatic rings. The van der Waals surface area contributed by atoms with Crippen LogP contribution in [-0.2, 0) is 0 Å². The number of halogens is 2. The van der Waals surface area contributed by atoms with Gasteiger partial charge in [-0.25, -0.2) is 8.78 Å². The Balaban J connectivity index is 1.96. The molecule has 0 atom stereocenters. The van der Waals surface area contributed by atoms with E-state index in [0.717, 1.165) is 6.54 Å². The van der Waals surface area contributed by atoms with E-state index in [-0.39, 0.29) is 18.3 Å². The number of nitrogens with one attached hydrogen (secondary N) is 1. The van der Waals surface area contributed by atoms with Crippen LogP contribution in [0.2, 0.25) is 0 Å². The first-order valence-corrected chi connectivity index (χ1v) is 3.08. The second kappa shape index (κ2) is 1.29. The van der Waals surface area contributed by atoms with Gasteiger partial charge in [0.05, 0.1) is 0 Å². The third-order valence-corrected chi connectivity index (χ3v) is 2.08. The largest absolute Gasteiger partial charge is 0.311 e. The average molecular weight is 132 g/mol. The maximum absolute atomic E-state index is 12.2. The van der Waals surface area contributed by atoms with Crippen LogP contribution in [0.5, 0.6) is 0 Å². The van der Waals surface area contributed by atoms with Crippen molar-refractivity contribution in [3.05, 3.63) is 6.54 Å². The van der Waals surface area contributed by atoms with Crippen LogP contribution in [0.15, 0.2) is 0 Å². The van der Waals surface area contributed by atoms with Gasteiger partial charge in [-0.05, 0) is 0 Å². The highest BCUT2D eigenvalue weighted by Gasteiger charge is 2.59. The van der Waals surface area contributed by atoms with Crippen LogP contribution in [0, 0.1) is 12.0 Å². The zero-order valence-electron chi connectivity index (χ0n) is 4.95. The molecular weight excluding hydrogens is 124 g/mol. The van der Waals surface area contributed by atoms with Crippen LogP contribution < -0.4 is 5.32 Å². The van der Waals surface area contributed by atoms with E-state index >= 15 is 0 Å². The molecule has 0 aromatic carbocycles. The lowest BCUT2D eigenvalue weighted by Crippen LogP contribution is -2.60. The summed E-state index contributed by atoms with van der Waals surface area (Å²) < 4.78 is 24.4. The monoisotopic (exact) mass is 132 g/mol. The molecule has 0 bridgehead atoms. The Morgan fingerprint density at radius 1 is 1.33 bits per heavy atom. The molecule has 1 aliphatic heterocycles. The molecule has 9 heavy (non-hydrogen) atoms. The van der Waals surface area contributed by atoms with Gasteiger partial charge in [-0.1, -0.05) is 0 Å². The van der Waals surface area contributed by atoms with Gasteiger partial charge in [-0.2, -0.15) is 0 Å². The highest BCUT2D eigenvalue weighted by atomic mass is 19.3. The van der Waals surface area contributed by atoms with E-state index in [1.54, 1.807) is 6.54 Å². The molecule has 2 aliphatic rings. The zero-order valence-corrected chi connectivity index (χ0v) is 4.95. The van der Waals surface area contributed by atoms with Gasteiger partial charge in [0.1, 0.15) is 0 Å². The molecule has 0 unspecified atom stereocenters. The maximum Gasteiger partial charge on any atom is 0.249 e. The van der Waals surface area contributed by atoms with Crippen LogP contribution in [0.1, 0.15) is 12.8 Å². The predicted octanol–water partition coefficient (Wildman–Crippen LogP) is 1.17. The Kier molecular flexibility index (Phi) is 0.799. The van der Waals surface area contributed by atoms with Gasteiger partial charge in [0.15, 0.2) is 0 Å². The van der Waals surface area contributed by atoms with Gasteiger partial charge in [0, 0.05) is 31.3 Å². The van der Waals surface area contributed by atoms with Crippen LogP contribution >= 0.6 is 0 Å². The van der Waals surface area contributed by atoms with Crippen molar-refractivity contribution in [2.24, 2.45) is 5.41 Å². The van der Waals surface area contributed by atoms with E-state index < -0.39 is 5.92 Å². The Hall–Kier alpha value is -0.180. The Morgan fingerprint density at radius 2 is 1.89 bits per heavy atom. The van der Waals surface area contributed by atoms with Crippen LogP contribution in [0.4, 0.5) is 8.78 Å². The van der Waals surface area contributed by atoms with E-state index in [0.29, 0.717) is 0 Å². The third kappa shape index (κ3) is 0.674. The predicted molar refractivity (Wildman–Crippen MR) is 28.9 cm³/mol. The minimum absolute atomic E-state index is 0.0625. The van der Waals surface area contributed by atoms with Gasteiger partial charge < -0.3 is 5.32 Å². The van der Waals surface area contributed by atoms with Crippen LogP contribution in [0.3, 0.4) is 0 Å². The van der Waals surface area contributed by atoms with Crippen molar-refractivity contribution < 1.29 is 8.78 Å². The third-order valence-electron chi connectivity index (χ3n) is 2.08. The summed E-state index contributed by atoms with van der Waals surface area (Å²) in [5, 5.41) is 2.88. The molecule has 2 fully saturated rings. The number of alkyl halides is 2. The first kappa shape index (κ1) is 5.59. The zero-order chi connectivity index (χ0) is 6.54. The lowest BCUT2D eigenvalue weighted by atomic mass is 9.62. The van der Waals surface area contributed by atoms with E-state index in [4.69, 9.17) is 0 Å². The van der Waals surface area contributed by atoms with Gasteiger partial charge in [0.2, 0.25) is 5.92 Å². The van der Waals surface area contributed by atoms with E-state index in [1.807, 2.05) is 0 Å². The van der Waals surface area contributed by atoms with Gasteiger partial charge in [-0.15, -0.1) is 0 Å². The fraction of sp³-hybridized carbons (Fsp3) is 0.833. The molecule has 1 heterocycles. The van der Waals surface area contributed by atoms with Gasteiger partial charge in [0.25, 0.3) is 0 Å². The second-order valence-corrected chi connectivity index (χ2v) is 3.10. The highest BCUT2D eigenvalue weighted by molar-refractivity contribution is 5.13. The summed E-state index contributed by atoms with van der Waals surface area (Å²) >= 11 is 0. The molecule has 0 amide bonds. The van der Waals surface area contributed by atoms with Crippen molar-refractivity contribution in [1.82, 2.24) is 5.32 Å². The minimum Gasteiger partial charge on any atom is -0.311 e. The Bertz CT molecular complexity index is 130. The Morgan fingerprint density at radius 3 is 2.00 bits per heavy atom. The number of rotatable bonds is 0. The number of hydrogen-bond acceptors (Lipinski definition) is 1. The molecule has 1 aliphatic carbocycles. The average Bonchev–Trinajstić information content (AvgIpc) is 1.54. The molecule has 1 saturated heterocycles. The molecule has 2 rings (SSSR count). The molecular formula is C6H8F2N. The summed E-state index contributed by atoms with van der Waals surface area (Å²) in [6.07, 6.45) is 0.125. The fourth-order valence-electron chi connectivity index (χ4n) is 1.60. The van der Waals surface area contributed by atoms with Crippen molar-refractivity contribution in [2.45, 2.75) is 18.8 Å². The van der Waals surface area contributed by atoms with Crippen LogP contribution in [-0.4, -0.2) is 12.5 Å². The molecule has 1 spiro atoms. The molecule has 51 valence electrons. The molecule has 3 heteroatoms. The van der Waals surface area contributed by atoms with Gasteiger partial charge >= 0.3 is 0 Å². The summed E-state index contributed by atoms with van der Waals surface area (Å²) in [7, 11) is 0. The molecule has 1 N–H and O–H groups in total. The van der Waals surface area contributed by atoms with E-state index in [2.05, 4.69) is 5.32 Å². The topological polar surface area (TPSA) is 12.0 Å². The smallest absolute Gasteiger partial charge is 0.249 e. The van der Waals surface area contributed by atoms with Crippen molar-refractivity contribution in [1.29, 1.82) is 0 Å². The van der Waals surface area contributed by atoms with E-state index in [1.165, 1.54) is 0 Å². The summed E-state index contributed by atoms with van der Waals surface area (Å²) in [6, 6.07) is 0. The first-order chi connectivity index (χ1) is 4.12. The lowest BCUT2D eigenvalue weighted by Gasteiger charge is -2.53. The molecule has 1 radical (unpaired) electrons. The molecule has 1 nitrogen and oxygen atoms in total. The normalized spacial score (nSPS) is 35.3. The van der Waals surface area contributed by atoms with Gasteiger partial charge in [-0.3, -0.25) is 0 Å². The van der Waals surface area contributed by atoms with E-state index in [9.17, 15) is 8.78 Å². The van der Waals surface area contributed by atoms with Crippen molar-refractivity contribution in [3.63, 3.8) is 0 Å². The van der Waals surface area contributed by atoms with Crippen molar-refractivity contribution >= 4 is 0 Å². The molecule has 1 saturated carbocycles. The summed E-state index contributed by atoms with van der Waals surface area (Å²) in [4.78, 5) is 0. The minimum atomic E-state index is -2.36. The lowest BCUT2D eigenvalue weighted by molar-refractivity contribution is -0.163. The highest BCUT2D eigenvalue weighted by Crippen LogP contribution is 2.55. The first-order valence-electron chi connectivity index (χ1n) is 3.08. The fourth-order valence-corrected chi connectivity index (χ4v) is 1.60.